The van der Waals surface area contributed by atoms with Crippen molar-refractivity contribution < 1.29 is 18.8 Å². The number of rotatable bonds is 5. The normalized spacial score (nSPS) is 14.8. The topological polar surface area (TPSA) is 79.4 Å². The zero-order valence-corrected chi connectivity index (χ0v) is 20.1. The number of imide groups is 1. The largest absolute Gasteiger partial charge is 0.325 e. The molecule has 2 heterocycles. The molecule has 6 nitrogen and oxygen atoms in total. The van der Waals surface area contributed by atoms with Gasteiger partial charge in [-0.1, -0.05) is 18.2 Å². The summed E-state index contributed by atoms with van der Waals surface area (Å²) in [5.74, 6) is -1.44. The third-order valence-corrected chi connectivity index (χ3v) is 7.28. The lowest BCUT2D eigenvalue weighted by Crippen LogP contribution is -2.36. The first-order chi connectivity index (χ1) is 16.9. The van der Waals surface area contributed by atoms with Crippen molar-refractivity contribution in [3.05, 3.63) is 88.6 Å². The van der Waals surface area contributed by atoms with Gasteiger partial charge in [0.25, 0.3) is 11.1 Å². The summed E-state index contributed by atoms with van der Waals surface area (Å²) in [6, 6.07) is 18.9. The minimum Gasteiger partial charge on any atom is -0.325 e. The molecule has 5 rings (SSSR count). The Morgan fingerprint density at radius 1 is 1.06 bits per heavy atom. The van der Waals surface area contributed by atoms with Gasteiger partial charge >= 0.3 is 0 Å². The van der Waals surface area contributed by atoms with E-state index in [0.29, 0.717) is 11.3 Å². The summed E-state index contributed by atoms with van der Waals surface area (Å²) in [7, 11) is 0. The SMILES string of the molecule is Cc1ccc2nc(-c3ccc(NC(=O)CN4C(=O)S/C(=C\c5ccc(F)cc5)C4=O)cc3)sc2c1. The number of hydrogen-bond donors (Lipinski definition) is 1. The monoisotopic (exact) mass is 503 g/mol. The molecule has 0 unspecified atom stereocenters. The van der Waals surface area contributed by atoms with Crippen LogP contribution in [0.2, 0.25) is 0 Å². The Balaban J connectivity index is 1.24. The molecule has 1 saturated heterocycles. The van der Waals surface area contributed by atoms with E-state index in [1.54, 1.807) is 23.5 Å². The molecular weight excluding hydrogens is 485 g/mol. The van der Waals surface area contributed by atoms with Gasteiger partial charge in [0.2, 0.25) is 5.91 Å². The number of thiazole rings is 1. The first kappa shape index (κ1) is 22.9. The zero-order valence-electron chi connectivity index (χ0n) is 18.4. The number of nitrogens with zero attached hydrogens (tertiary/aromatic N) is 2. The van der Waals surface area contributed by atoms with Crippen LogP contribution in [0.25, 0.3) is 26.9 Å². The number of carbonyl (C=O) groups excluding carboxylic acids is 3. The van der Waals surface area contributed by atoms with Crippen molar-refractivity contribution in [3.8, 4) is 10.6 Å². The van der Waals surface area contributed by atoms with Crippen LogP contribution in [0.1, 0.15) is 11.1 Å². The van der Waals surface area contributed by atoms with E-state index in [-0.39, 0.29) is 4.91 Å². The maximum atomic E-state index is 13.1. The molecule has 1 aliphatic heterocycles. The number of anilines is 1. The number of carbonyl (C=O) groups is 3. The zero-order chi connectivity index (χ0) is 24.5. The smallest absolute Gasteiger partial charge is 0.294 e. The summed E-state index contributed by atoms with van der Waals surface area (Å²) < 4.78 is 14.2. The lowest BCUT2D eigenvalue weighted by molar-refractivity contribution is -0.127. The molecule has 1 fully saturated rings. The number of nitrogens with one attached hydrogen (secondary N) is 1. The van der Waals surface area contributed by atoms with Crippen LogP contribution in [-0.4, -0.2) is 33.5 Å². The Morgan fingerprint density at radius 3 is 2.54 bits per heavy atom. The molecular formula is C26H18FN3O3S2. The van der Waals surface area contributed by atoms with Gasteiger partial charge < -0.3 is 5.32 Å². The number of hydrogen-bond acceptors (Lipinski definition) is 6. The second-order valence-corrected chi connectivity index (χ2v) is 9.96. The fraction of sp³-hybridized carbons (Fsp3) is 0.0769. The van der Waals surface area contributed by atoms with Crippen molar-refractivity contribution in [2.75, 3.05) is 11.9 Å². The minimum absolute atomic E-state index is 0.185. The summed E-state index contributed by atoms with van der Waals surface area (Å²) in [4.78, 5) is 43.2. The number of benzene rings is 3. The van der Waals surface area contributed by atoms with Gasteiger partial charge in [-0.2, -0.15) is 0 Å². The fourth-order valence-corrected chi connectivity index (χ4v) is 5.45. The number of amides is 3. The number of thioether (sulfide) groups is 1. The maximum absolute atomic E-state index is 13.1. The summed E-state index contributed by atoms with van der Waals surface area (Å²) >= 11 is 2.35. The van der Waals surface area contributed by atoms with Crippen LogP contribution in [0.4, 0.5) is 14.9 Å². The summed E-state index contributed by atoms with van der Waals surface area (Å²) in [6.45, 7) is 1.64. The Labute approximate surface area is 208 Å². The molecule has 0 aliphatic carbocycles. The van der Waals surface area contributed by atoms with Crippen molar-refractivity contribution in [2.24, 2.45) is 0 Å². The predicted molar refractivity (Wildman–Crippen MR) is 137 cm³/mol. The van der Waals surface area contributed by atoms with E-state index in [0.717, 1.165) is 37.4 Å². The molecule has 35 heavy (non-hydrogen) atoms. The van der Waals surface area contributed by atoms with Gasteiger partial charge in [0.1, 0.15) is 17.4 Å². The lowest BCUT2D eigenvalue weighted by Gasteiger charge is -2.12. The summed E-state index contributed by atoms with van der Waals surface area (Å²) in [5.41, 5.74) is 4.18. The van der Waals surface area contributed by atoms with E-state index < -0.39 is 29.4 Å². The van der Waals surface area contributed by atoms with Gasteiger partial charge in [-0.05, 0) is 84.4 Å². The fourth-order valence-electron chi connectivity index (χ4n) is 3.54. The van der Waals surface area contributed by atoms with E-state index in [2.05, 4.69) is 16.4 Å². The van der Waals surface area contributed by atoms with E-state index in [1.807, 2.05) is 31.2 Å². The Kier molecular flexibility index (Phi) is 6.19. The van der Waals surface area contributed by atoms with Crippen LogP contribution in [0.15, 0.2) is 71.6 Å². The molecule has 0 bridgehead atoms. The van der Waals surface area contributed by atoms with Crippen molar-refractivity contribution >= 4 is 62.1 Å². The maximum Gasteiger partial charge on any atom is 0.294 e. The molecule has 9 heteroatoms. The third-order valence-electron chi connectivity index (χ3n) is 5.30. The third kappa shape index (κ3) is 5.01. The molecule has 1 aliphatic rings. The number of aromatic nitrogens is 1. The molecule has 3 aromatic carbocycles. The number of aryl methyl sites for hydroxylation is 1. The number of halogens is 1. The van der Waals surface area contributed by atoms with Crippen molar-refractivity contribution in [1.29, 1.82) is 0 Å². The highest BCUT2D eigenvalue weighted by atomic mass is 32.2. The molecule has 1 aromatic heterocycles. The van der Waals surface area contributed by atoms with Gasteiger partial charge in [-0.25, -0.2) is 9.37 Å². The van der Waals surface area contributed by atoms with Crippen LogP contribution >= 0.6 is 23.1 Å². The van der Waals surface area contributed by atoms with Gasteiger partial charge in [0, 0.05) is 11.3 Å². The highest BCUT2D eigenvalue weighted by molar-refractivity contribution is 8.18. The molecule has 3 amide bonds. The molecule has 0 atom stereocenters. The van der Waals surface area contributed by atoms with Gasteiger partial charge in [-0.3, -0.25) is 19.3 Å². The second-order valence-electron chi connectivity index (χ2n) is 7.94. The quantitative estimate of drug-likeness (QED) is 0.334. The van der Waals surface area contributed by atoms with Crippen molar-refractivity contribution in [1.82, 2.24) is 9.88 Å². The van der Waals surface area contributed by atoms with Crippen LogP contribution < -0.4 is 5.32 Å². The average Bonchev–Trinajstić information content (AvgIpc) is 3.37. The van der Waals surface area contributed by atoms with E-state index in [9.17, 15) is 18.8 Å². The first-order valence-electron chi connectivity index (χ1n) is 10.6. The van der Waals surface area contributed by atoms with Gasteiger partial charge in [0.05, 0.1) is 15.1 Å². The van der Waals surface area contributed by atoms with Gasteiger partial charge in [-0.15, -0.1) is 11.3 Å². The molecule has 4 aromatic rings. The minimum atomic E-state index is -0.555. The van der Waals surface area contributed by atoms with Crippen LogP contribution in [0.3, 0.4) is 0 Å². The summed E-state index contributed by atoms with van der Waals surface area (Å²) in [5, 5.41) is 3.08. The highest BCUT2D eigenvalue weighted by Gasteiger charge is 2.36. The molecule has 174 valence electrons. The Hall–Kier alpha value is -3.82. The second kappa shape index (κ2) is 9.44. The standard InChI is InChI=1S/C26H18FN3O3S2/c1-15-2-11-20-21(12-15)34-24(29-20)17-5-9-19(10-6-17)28-23(31)14-30-25(32)22(35-26(30)33)13-16-3-7-18(27)8-4-16/h2-13H,14H2,1H3,(H,28,31)/b22-13-. The van der Waals surface area contributed by atoms with Crippen LogP contribution in [0.5, 0.6) is 0 Å². The van der Waals surface area contributed by atoms with Gasteiger partial charge in [0.15, 0.2) is 0 Å². The molecule has 0 radical (unpaired) electrons. The first-order valence-corrected chi connectivity index (χ1v) is 12.3. The average molecular weight is 504 g/mol. The van der Waals surface area contributed by atoms with E-state index in [4.69, 9.17) is 0 Å². The highest BCUT2D eigenvalue weighted by Crippen LogP contribution is 2.33. The number of fused-ring (bicyclic) bond motifs is 1. The van der Waals surface area contributed by atoms with E-state index >= 15 is 0 Å². The van der Waals surface area contributed by atoms with Crippen molar-refractivity contribution in [2.45, 2.75) is 6.92 Å². The predicted octanol–water partition coefficient (Wildman–Crippen LogP) is 6.09. The Morgan fingerprint density at radius 2 is 1.80 bits per heavy atom. The van der Waals surface area contributed by atoms with Crippen LogP contribution in [0, 0.1) is 12.7 Å². The van der Waals surface area contributed by atoms with Crippen molar-refractivity contribution in [3.63, 3.8) is 0 Å². The lowest BCUT2D eigenvalue weighted by atomic mass is 10.2. The summed E-state index contributed by atoms with van der Waals surface area (Å²) in [6.07, 6.45) is 1.50. The molecule has 0 spiro atoms. The van der Waals surface area contributed by atoms with Crippen LogP contribution in [-0.2, 0) is 9.59 Å². The molecule has 0 saturated carbocycles. The van der Waals surface area contributed by atoms with E-state index in [1.165, 1.54) is 35.9 Å². The molecule has 1 N–H and O–H groups in total. The Bertz CT molecular complexity index is 1490.